The number of amidine groups is 1. The molecule has 0 fully saturated rings. The highest BCUT2D eigenvalue weighted by atomic mass is 32.1. The van der Waals surface area contributed by atoms with E-state index in [-0.39, 0.29) is 5.92 Å². The van der Waals surface area contributed by atoms with Crippen LogP contribution < -0.4 is 0 Å². The third-order valence-corrected chi connectivity index (χ3v) is 17.0. The van der Waals surface area contributed by atoms with Gasteiger partial charge < -0.3 is 0 Å². The van der Waals surface area contributed by atoms with Crippen molar-refractivity contribution in [2.45, 2.75) is 18.8 Å². The summed E-state index contributed by atoms with van der Waals surface area (Å²) in [5.41, 5.74) is 26.1. The average Bonchev–Trinajstić information content (AvgIpc) is 3.92. The number of hydrogen-bond acceptors (Lipinski definition) is 3. The fourth-order valence-corrected chi connectivity index (χ4v) is 13.2. The third-order valence-electron chi connectivity index (χ3n) is 15.9. The smallest absolute Gasteiger partial charge is 0.160 e. The molecule has 0 spiro atoms. The molecule has 3 aliphatic rings. The van der Waals surface area contributed by atoms with Crippen molar-refractivity contribution in [3.8, 4) is 66.8 Å². The van der Waals surface area contributed by atoms with Crippen LogP contribution in [-0.4, -0.2) is 11.5 Å². The quantitative estimate of drug-likeness (QED) is 0.145. The fraction of sp³-hybridized carbons (Fsp3) is 0.0411. The van der Waals surface area contributed by atoms with Gasteiger partial charge in [-0.05, 0) is 167 Å². The van der Waals surface area contributed by atoms with E-state index >= 15 is 0 Å². The maximum atomic E-state index is 5.87. The predicted molar refractivity (Wildman–Crippen MR) is 321 cm³/mol. The summed E-state index contributed by atoms with van der Waals surface area (Å²) < 4.78 is 2.64. The second-order valence-corrected chi connectivity index (χ2v) is 21.4. The van der Waals surface area contributed by atoms with Gasteiger partial charge in [-0.25, -0.2) is 9.98 Å². The van der Waals surface area contributed by atoms with Crippen LogP contribution in [0.4, 0.5) is 0 Å². The Bertz CT molecular complexity index is 4240. The van der Waals surface area contributed by atoms with Crippen molar-refractivity contribution in [2.24, 2.45) is 9.98 Å². The number of nitrogens with zero attached hydrogens (tertiary/aromatic N) is 2. The molecule has 76 heavy (non-hydrogen) atoms. The van der Waals surface area contributed by atoms with E-state index in [2.05, 4.69) is 261 Å². The molecule has 356 valence electrons. The molecule has 0 N–H and O–H groups in total. The van der Waals surface area contributed by atoms with Gasteiger partial charge in [0.05, 0.1) is 11.4 Å². The van der Waals surface area contributed by atoms with Crippen LogP contribution in [0, 0.1) is 0 Å². The summed E-state index contributed by atoms with van der Waals surface area (Å²) in [4.78, 5) is 11.7. The van der Waals surface area contributed by atoms with Gasteiger partial charge in [0.25, 0.3) is 0 Å². The second kappa shape index (κ2) is 18.3. The van der Waals surface area contributed by atoms with Crippen LogP contribution in [0.25, 0.3) is 98.2 Å². The first-order valence-electron chi connectivity index (χ1n) is 26.3. The van der Waals surface area contributed by atoms with Gasteiger partial charge in [-0.1, -0.05) is 200 Å². The Morgan fingerprint density at radius 3 is 1.47 bits per heavy atom. The summed E-state index contributed by atoms with van der Waals surface area (Å²) in [5, 5.41) is 2.62. The molecule has 2 nitrogen and oxygen atoms in total. The van der Waals surface area contributed by atoms with Gasteiger partial charge in [0.1, 0.15) is 0 Å². The highest BCUT2D eigenvalue weighted by molar-refractivity contribution is 7.25. The summed E-state index contributed by atoms with van der Waals surface area (Å²) in [6.07, 6.45) is 1.54. The number of benzene rings is 11. The first-order chi connectivity index (χ1) is 37.6. The zero-order valence-corrected chi connectivity index (χ0v) is 42.4. The van der Waals surface area contributed by atoms with E-state index in [0.29, 0.717) is 12.3 Å². The highest BCUT2D eigenvalue weighted by Crippen LogP contribution is 2.55. The second-order valence-electron chi connectivity index (χ2n) is 20.4. The first-order valence-corrected chi connectivity index (χ1v) is 27.1. The normalized spacial score (nSPS) is 14.4. The standard InChI is InChI=1S/C73H48N2S/c1-6-18-46(19-7-1)54-36-55(47-20-8-2-9-21-47)39-58(38-54)67-45-66-62-34-31-53-44-63(50-26-14-5-15-27-50)60-33-30-51(52-32-35-69-64(42-52)61-28-16-17-29-68(61)76-69)43-65(60)70(53)71(62)72(66)75-73(74-67)59-40-56(48-22-10-3-11-23-48)37-57(41-59)49-24-12-4-13-25-49/h1-43,63H,44-45H2. The lowest BCUT2D eigenvalue weighted by Crippen LogP contribution is -2.18. The van der Waals surface area contributed by atoms with Crippen molar-refractivity contribution < 1.29 is 0 Å². The molecule has 2 aliphatic carbocycles. The Hall–Kier alpha value is -9.28. The number of hydrogen-bond donors (Lipinski definition) is 0. The molecule has 0 radical (unpaired) electrons. The van der Waals surface area contributed by atoms with E-state index in [4.69, 9.17) is 9.98 Å². The summed E-state index contributed by atoms with van der Waals surface area (Å²) in [6.45, 7) is 0. The lowest BCUT2D eigenvalue weighted by Gasteiger charge is -2.35. The van der Waals surface area contributed by atoms with E-state index in [1.54, 1.807) is 0 Å². The van der Waals surface area contributed by atoms with Gasteiger partial charge in [0, 0.05) is 43.6 Å². The van der Waals surface area contributed by atoms with Crippen LogP contribution in [0.5, 0.6) is 0 Å². The van der Waals surface area contributed by atoms with Crippen molar-refractivity contribution in [2.75, 3.05) is 0 Å². The van der Waals surface area contributed by atoms with Crippen LogP contribution in [0.3, 0.4) is 0 Å². The number of aliphatic imine (C=N–C) groups is 2. The summed E-state index contributed by atoms with van der Waals surface area (Å²) in [7, 11) is 0. The topological polar surface area (TPSA) is 24.7 Å². The van der Waals surface area contributed by atoms with Gasteiger partial charge in [-0.15, -0.1) is 11.3 Å². The van der Waals surface area contributed by atoms with Crippen molar-refractivity contribution in [3.63, 3.8) is 0 Å². The van der Waals surface area contributed by atoms with E-state index in [1.807, 2.05) is 11.3 Å². The van der Waals surface area contributed by atoms with Crippen LogP contribution in [0.2, 0.25) is 0 Å². The van der Waals surface area contributed by atoms with E-state index in [9.17, 15) is 0 Å². The minimum Gasteiger partial charge on any atom is -0.232 e. The first kappa shape index (κ1) is 44.2. The number of thiophene rings is 1. The SMILES string of the molecule is c1ccc(-c2cc(C3=NC(c4cc(-c5ccccc5)cc(-c5ccccc5)c4)=NC4=C(C3)c3ccc5c(c34)-c3cc(-c4ccc6sc7ccccc7c6c4)ccc3C(c3ccccc3)C5)cc(-c3ccccc3)c2)cc1. The number of rotatable bonds is 8. The molecule has 2 heterocycles. The Morgan fingerprint density at radius 1 is 0.342 bits per heavy atom. The molecule has 3 heteroatoms. The zero-order valence-electron chi connectivity index (χ0n) is 41.6. The molecular weight excluding hydrogens is 937 g/mol. The summed E-state index contributed by atoms with van der Waals surface area (Å²) in [5.74, 6) is 0.927. The van der Waals surface area contributed by atoms with Gasteiger partial charge in [0.2, 0.25) is 0 Å². The van der Waals surface area contributed by atoms with Crippen LogP contribution in [0.1, 0.15) is 51.3 Å². The molecule has 0 saturated carbocycles. The maximum Gasteiger partial charge on any atom is 0.160 e. The van der Waals surface area contributed by atoms with Gasteiger partial charge in [-0.2, -0.15) is 0 Å². The van der Waals surface area contributed by atoms with Crippen LogP contribution in [-0.2, 0) is 6.42 Å². The van der Waals surface area contributed by atoms with E-state index in [1.165, 1.54) is 86.9 Å². The Morgan fingerprint density at radius 2 is 0.855 bits per heavy atom. The molecule has 0 saturated heterocycles. The molecule has 11 aromatic carbocycles. The van der Waals surface area contributed by atoms with Gasteiger partial charge in [0.15, 0.2) is 5.84 Å². The van der Waals surface area contributed by atoms with Crippen molar-refractivity contribution in [3.05, 3.63) is 300 Å². The van der Waals surface area contributed by atoms with Crippen LogP contribution >= 0.6 is 11.3 Å². The van der Waals surface area contributed by atoms with Gasteiger partial charge >= 0.3 is 0 Å². The molecule has 15 rings (SSSR count). The Kier molecular flexibility index (Phi) is 10.6. The molecule has 1 aliphatic heterocycles. The molecular formula is C73H48N2S. The summed E-state index contributed by atoms with van der Waals surface area (Å²) in [6, 6.07) is 95.8. The monoisotopic (exact) mass is 984 g/mol. The molecule has 0 amide bonds. The Labute approximate surface area is 447 Å². The predicted octanol–water partition coefficient (Wildman–Crippen LogP) is 19.3. The minimum atomic E-state index is 0.212. The molecule has 1 aromatic heterocycles. The van der Waals surface area contributed by atoms with E-state index < -0.39 is 0 Å². The largest absolute Gasteiger partial charge is 0.232 e. The number of allylic oxidation sites excluding steroid dienone is 1. The lowest BCUT2D eigenvalue weighted by molar-refractivity contribution is 0.793. The highest BCUT2D eigenvalue weighted by Gasteiger charge is 2.37. The number of fused-ring (bicyclic) bond motifs is 10. The summed E-state index contributed by atoms with van der Waals surface area (Å²) >= 11 is 1.87. The van der Waals surface area contributed by atoms with E-state index in [0.717, 1.165) is 62.3 Å². The minimum absolute atomic E-state index is 0.212. The Balaban J connectivity index is 0.947. The van der Waals surface area contributed by atoms with Crippen LogP contribution in [0.15, 0.2) is 271 Å². The average molecular weight is 985 g/mol. The fourth-order valence-electron chi connectivity index (χ4n) is 12.1. The van der Waals surface area contributed by atoms with Crippen molar-refractivity contribution >= 4 is 54.3 Å². The van der Waals surface area contributed by atoms with Crippen molar-refractivity contribution in [1.29, 1.82) is 0 Å². The maximum absolute atomic E-state index is 5.87. The lowest BCUT2D eigenvalue weighted by atomic mass is 9.69. The molecule has 1 atom stereocenters. The molecule has 1 unspecified atom stereocenters. The zero-order chi connectivity index (χ0) is 50.1. The molecule has 12 aromatic rings. The van der Waals surface area contributed by atoms with Crippen molar-refractivity contribution in [1.82, 2.24) is 0 Å². The van der Waals surface area contributed by atoms with Gasteiger partial charge in [-0.3, -0.25) is 0 Å². The third kappa shape index (κ3) is 7.70. The molecule has 0 bridgehead atoms.